The molecular weight excluding hydrogens is 917 g/mol. The van der Waals surface area contributed by atoms with E-state index < -0.39 is 0 Å². The number of benzene rings is 9. The maximum Gasteiger partial charge on any atom is 0.0520 e. The molecule has 9 aromatic carbocycles. The second-order valence-corrected chi connectivity index (χ2v) is 25.6. The van der Waals surface area contributed by atoms with E-state index in [9.17, 15) is 0 Å². The molecule has 0 heterocycles. The molecule has 76 heavy (non-hydrogen) atoms. The number of anilines is 6. The van der Waals surface area contributed by atoms with Crippen LogP contribution >= 0.6 is 0 Å². The van der Waals surface area contributed by atoms with Crippen LogP contribution in [-0.4, -0.2) is 0 Å². The Bertz CT molecular complexity index is 3690. The first-order valence-corrected chi connectivity index (χ1v) is 27.6. The average Bonchev–Trinajstić information content (AvgIpc) is 3.83. The van der Waals surface area contributed by atoms with Crippen LogP contribution in [-0.2, 0) is 21.7 Å². The Kier molecular flexibility index (Phi) is 12.1. The Labute approximate surface area is 455 Å². The highest BCUT2D eigenvalue weighted by atomic mass is 15.2. The van der Waals surface area contributed by atoms with Gasteiger partial charge in [0.15, 0.2) is 0 Å². The normalized spacial score (nSPS) is 14.0. The summed E-state index contributed by atoms with van der Waals surface area (Å²) in [6, 6.07) is 65.3. The second-order valence-electron chi connectivity index (χ2n) is 25.6. The number of rotatable bonds is 8. The van der Waals surface area contributed by atoms with Crippen molar-refractivity contribution in [2.75, 3.05) is 9.80 Å². The topological polar surface area (TPSA) is 6.48 Å². The third-order valence-electron chi connectivity index (χ3n) is 17.1. The molecule has 0 aliphatic heterocycles. The lowest BCUT2D eigenvalue weighted by Gasteiger charge is -2.30. The van der Waals surface area contributed by atoms with Crippen molar-refractivity contribution in [2.45, 2.75) is 132 Å². The first-order valence-electron chi connectivity index (χ1n) is 27.6. The summed E-state index contributed by atoms with van der Waals surface area (Å²) in [5.74, 6) is 0. The largest absolute Gasteiger partial charge is 0.310 e. The van der Waals surface area contributed by atoms with E-state index >= 15 is 0 Å². The first-order chi connectivity index (χ1) is 35.9. The molecule has 0 saturated heterocycles. The van der Waals surface area contributed by atoms with Crippen LogP contribution in [0.5, 0.6) is 0 Å². The van der Waals surface area contributed by atoms with Crippen LogP contribution in [0, 0.1) is 41.5 Å². The zero-order valence-electron chi connectivity index (χ0n) is 48.1. The molecule has 382 valence electrons. The SMILES string of the molecule is Cc1cc(C)c(N(c2ccc(-c3ccc(N(c4ccc(C(C)(C)C)cc4)c4c(C)cc(C)cc4C)cc3)cc2)c2ccc(-c3ccc4c(c3)C(C)(C)c3cc5c(cc3-4)C(C)(C)c3cc(C(C)(C)C)ccc3-5)cc2)c(C)c1. The van der Waals surface area contributed by atoms with Gasteiger partial charge in [-0.3, -0.25) is 0 Å². The molecule has 0 aromatic heterocycles. The quantitative estimate of drug-likeness (QED) is 0.150. The standard InChI is InChI=1S/C74H76N2/c1-45-37-47(3)69(48(4)38-45)75(57-27-17-51(18-28-57)52-19-29-58(30-20-52)76(70-49(5)39-46(2)40-50(70)6)60-33-24-55(25-34-60)71(7,8)9)59-31-21-53(22-32-59)54-23-35-61-63-43-68-64(44-67(63)73(13,14)65(61)41-54)62-36-26-56(72(10,11)12)42-66(62)74(68,15)16/h17-44H,1-16H3. The van der Waals surface area contributed by atoms with Crippen molar-refractivity contribution >= 4 is 34.1 Å². The van der Waals surface area contributed by atoms with E-state index in [0.29, 0.717) is 0 Å². The Morgan fingerprint density at radius 3 is 0.947 bits per heavy atom. The molecule has 9 aromatic rings. The minimum absolute atomic E-state index is 0.0713. The second kappa shape index (κ2) is 18.1. The minimum Gasteiger partial charge on any atom is -0.310 e. The smallest absolute Gasteiger partial charge is 0.0520 e. The van der Waals surface area contributed by atoms with Crippen LogP contribution in [0.3, 0.4) is 0 Å². The van der Waals surface area contributed by atoms with Crippen LogP contribution in [0.1, 0.15) is 136 Å². The number of aryl methyl sites for hydroxylation is 6. The predicted octanol–water partition coefficient (Wildman–Crippen LogP) is 21.0. The fourth-order valence-corrected chi connectivity index (χ4v) is 13.0. The molecule has 0 bridgehead atoms. The van der Waals surface area contributed by atoms with Crippen molar-refractivity contribution in [2.24, 2.45) is 0 Å². The fraction of sp³-hybridized carbons (Fsp3) is 0.270. The lowest BCUT2D eigenvalue weighted by molar-refractivity contribution is 0.584. The predicted molar refractivity (Wildman–Crippen MR) is 328 cm³/mol. The fourth-order valence-electron chi connectivity index (χ4n) is 13.0. The van der Waals surface area contributed by atoms with Gasteiger partial charge in [-0.2, -0.15) is 0 Å². The van der Waals surface area contributed by atoms with E-state index in [1.165, 1.54) is 123 Å². The third kappa shape index (κ3) is 8.59. The van der Waals surface area contributed by atoms with Gasteiger partial charge in [0.25, 0.3) is 0 Å². The Balaban J connectivity index is 0.903. The Morgan fingerprint density at radius 2 is 0.579 bits per heavy atom. The summed E-state index contributed by atoms with van der Waals surface area (Å²) < 4.78 is 0. The van der Waals surface area contributed by atoms with Gasteiger partial charge in [0.2, 0.25) is 0 Å². The molecule has 0 N–H and O–H groups in total. The van der Waals surface area contributed by atoms with Gasteiger partial charge in [-0.05, 0) is 219 Å². The van der Waals surface area contributed by atoms with E-state index in [-0.39, 0.29) is 21.7 Å². The molecule has 2 aliphatic carbocycles. The molecule has 2 aliphatic rings. The minimum atomic E-state index is -0.141. The van der Waals surface area contributed by atoms with E-state index in [1.807, 2.05) is 0 Å². The third-order valence-corrected chi connectivity index (χ3v) is 17.1. The van der Waals surface area contributed by atoms with Crippen LogP contribution < -0.4 is 9.80 Å². The Hall–Kier alpha value is -7.42. The monoisotopic (exact) mass is 993 g/mol. The number of nitrogens with zero attached hydrogens (tertiary/aromatic N) is 2. The van der Waals surface area contributed by atoms with Gasteiger partial charge < -0.3 is 9.80 Å². The summed E-state index contributed by atoms with van der Waals surface area (Å²) in [5, 5.41) is 0. The zero-order valence-corrected chi connectivity index (χ0v) is 48.1. The highest BCUT2D eigenvalue weighted by Gasteiger charge is 2.42. The molecule has 0 amide bonds. The molecule has 0 spiro atoms. The van der Waals surface area contributed by atoms with Gasteiger partial charge in [0.1, 0.15) is 0 Å². The number of hydrogen-bond acceptors (Lipinski definition) is 2. The number of hydrogen-bond donors (Lipinski definition) is 0. The maximum absolute atomic E-state index is 2.53. The van der Waals surface area contributed by atoms with Crippen molar-refractivity contribution in [3.63, 3.8) is 0 Å². The van der Waals surface area contributed by atoms with Gasteiger partial charge >= 0.3 is 0 Å². The molecule has 0 fully saturated rings. The lowest BCUT2D eigenvalue weighted by atomic mass is 9.78. The van der Waals surface area contributed by atoms with Gasteiger partial charge in [0, 0.05) is 33.6 Å². The maximum atomic E-state index is 2.53. The molecule has 11 rings (SSSR count). The molecule has 0 atom stereocenters. The van der Waals surface area contributed by atoms with Gasteiger partial charge in [0.05, 0.1) is 11.4 Å². The van der Waals surface area contributed by atoms with E-state index in [0.717, 1.165) is 22.7 Å². The van der Waals surface area contributed by atoms with Gasteiger partial charge in [-0.1, -0.05) is 183 Å². The van der Waals surface area contributed by atoms with Crippen molar-refractivity contribution in [3.8, 4) is 44.5 Å². The molecule has 2 heteroatoms. The summed E-state index contributed by atoms with van der Waals surface area (Å²) >= 11 is 0. The van der Waals surface area contributed by atoms with Crippen molar-refractivity contribution in [1.82, 2.24) is 0 Å². The number of fused-ring (bicyclic) bond motifs is 6. The highest BCUT2D eigenvalue weighted by Crippen LogP contribution is 2.57. The van der Waals surface area contributed by atoms with E-state index in [2.05, 4.69) is 290 Å². The highest BCUT2D eigenvalue weighted by molar-refractivity contribution is 5.91. The van der Waals surface area contributed by atoms with Crippen LogP contribution in [0.15, 0.2) is 170 Å². The van der Waals surface area contributed by atoms with Crippen molar-refractivity contribution < 1.29 is 0 Å². The lowest BCUT2D eigenvalue weighted by Crippen LogP contribution is -2.18. The van der Waals surface area contributed by atoms with E-state index in [4.69, 9.17) is 0 Å². The van der Waals surface area contributed by atoms with Crippen molar-refractivity contribution in [1.29, 1.82) is 0 Å². The summed E-state index contributed by atoms with van der Waals surface area (Å²) in [7, 11) is 0. The summed E-state index contributed by atoms with van der Waals surface area (Å²) in [5.41, 5.74) is 33.4. The van der Waals surface area contributed by atoms with Crippen LogP contribution in [0.4, 0.5) is 34.1 Å². The summed E-state index contributed by atoms with van der Waals surface area (Å²) in [6.45, 7) is 36.8. The van der Waals surface area contributed by atoms with Crippen molar-refractivity contribution in [3.05, 3.63) is 237 Å². The van der Waals surface area contributed by atoms with E-state index in [1.54, 1.807) is 0 Å². The first kappa shape index (κ1) is 50.7. The average molecular weight is 993 g/mol. The summed E-state index contributed by atoms with van der Waals surface area (Å²) in [6.07, 6.45) is 0. The van der Waals surface area contributed by atoms with Crippen LogP contribution in [0.25, 0.3) is 44.5 Å². The molecule has 0 unspecified atom stereocenters. The van der Waals surface area contributed by atoms with Gasteiger partial charge in [-0.25, -0.2) is 0 Å². The molecule has 0 saturated carbocycles. The van der Waals surface area contributed by atoms with Gasteiger partial charge in [-0.15, -0.1) is 0 Å². The molecular formula is C74H76N2. The summed E-state index contributed by atoms with van der Waals surface area (Å²) in [4.78, 5) is 4.87. The molecule has 0 radical (unpaired) electrons. The van der Waals surface area contributed by atoms with Crippen LogP contribution in [0.2, 0.25) is 0 Å². The molecule has 2 nitrogen and oxygen atoms in total. The zero-order chi connectivity index (χ0) is 54.0. The Morgan fingerprint density at radius 1 is 0.289 bits per heavy atom.